The quantitative estimate of drug-likeness (QED) is 0.360. The van der Waals surface area contributed by atoms with E-state index in [1.54, 1.807) is 18.3 Å². The second-order valence-corrected chi connectivity index (χ2v) is 7.75. The van der Waals surface area contributed by atoms with Crippen molar-refractivity contribution in [2.45, 2.75) is 19.8 Å². The predicted molar refractivity (Wildman–Crippen MR) is 119 cm³/mol. The number of halogens is 2. The Bertz CT molecular complexity index is 1150. The molecule has 0 aliphatic carbocycles. The summed E-state index contributed by atoms with van der Waals surface area (Å²) in [5.41, 5.74) is 1.28. The lowest BCUT2D eigenvalue weighted by Crippen LogP contribution is -2.22. The molecule has 3 aromatic rings. The Morgan fingerprint density at radius 2 is 2.11 bits per heavy atom. The lowest BCUT2D eigenvalue weighted by atomic mass is 10.2. The number of ether oxygens (including phenoxy) is 1. The van der Waals surface area contributed by atoms with Gasteiger partial charge in [0.05, 0.1) is 21.6 Å². The van der Waals surface area contributed by atoms with Crippen molar-refractivity contribution in [3.8, 4) is 18.1 Å². The summed E-state index contributed by atoms with van der Waals surface area (Å²) in [4.78, 5) is 17.6. The zero-order valence-electron chi connectivity index (χ0n) is 15.2. The molecule has 0 N–H and O–H groups in total. The first-order valence-electron chi connectivity index (χ1n) is 8.65. The Morgan fingerprint density at radius 1 is 1.29 bits per heavy atom. The maximum Gasteiger partial charge on any atom is 0.282 e. The summed E-state index contributed by atoms with van der Waals surface area (Å²) in [7, 11) is 0. The van der Waals surface area contributed by atoms with Gasteiger partial charge in [-0.05, 0) is 64.3 Å². The van der Waals surface area contributed by atoms with Crippen LogP contribution in [0.5, 0.6) is 5.75 Å². The van der Waals surface area contributed by atoms with Crippen molar-refractivity contribution in [3.05, 3.63) is 67.1 Å². The summed E-state index contributed by atoms with van der Waals surface area (Å²) in [5, 5.41) is 4.93. The van der Waals surface area contributed by atoms with Crippen LogP contribution in [0.15, 0.2) is 55.2 Å². The van der Waals surface area contributed by atoms with Gasteiger partial charge in [-0.25, -0.2) is 4.98 Å². The van der Waals surface area contributed by atoms with Crippen LogP contribution in [0, 0.1) is 12.3 Å². The van der Waals surface area contributed by atoms with Crippen molar-refractivity contribution in [1.82, 2.24) is 9.66 Å². The maximum absolute atomic E-state index is 13.0. The van der Waals surface area contributed by atoms with Gasteiger partial charge in [-0.2, -0.15) is 9.78 Å². The van der Waals surface area contributed by atoms with E-state index in [0.717, 1.165) is 20.9 Å². The van der Waals surface area contributed by atoms with E-state index >= 15 is 0 Å². The Kier molecular flexibility index (Phi) is 6.65. The molecule has 0 aliphatic heterocycles. The number of aryl methyl sites for hydroxylation is 1. The second kappa shape index (κ2) is 9.18. The third-order valence-electron chi connectivity index (χ3n) is 3.94. The molecule has 0 radical (unpaired) electrons. The monoisotopic (exact) mass is 501 g/mol. The van der Waals surface area contributed by atoms with Crippen molar-refractivity contribution in [1.29, 1.82) is 0 Å². The highest BCUT2D eigenvalue weighted by Gasteiger charge is 2.10. The fourth-order valence-electron chi connectivity index (χ4n) is 2.66. The maximum atomic E-state index is 13.0. The smallest absolute Gasteiger partial charge is 0.282 e. The minimum absolute atomic E-state index is 0.195. The molecule has 1 aromatic heterocycles. The van der Waals surface area contributed by atoms with Crippen LogP contribution in [0.4, 0.5) is 0 Å². The summed E-state index contributed by atoms with van der Waals surface area (Å²) < 4.78 is 8.39. The van der Waals surface area contributed by atoms with E-state index in [1.807, 2.05) is 31.2 Å². The highest BCUT2D eigenvalue weighted by atomic mass is 79.9. The molecule has 142 valence electrons. The minimum atomic E-state index is -0.195. The van der Waals surface area contributed by atoms with Crippen LogP contribution < -0.4 is 10.3 Å². The topological polar surface area (TPSA) is 56.5 Å². The van der Waals surface area contributed by atoms with Crippen LogP contribution in [-0.2, 0) is 6.42 Å². The molecule has 1 heterocycles. The first-order valence-corrected chi connectivity index (χ1v) is 10.2. The van der Waals surface area contributed by atoms with Gasteiger partial charge >= 0.3 is 0 Å². The SMILES string of the molecule is C#CCOc1ccc(C=Nn2c(CCC)nc3ccc(Br)cc3c2=O)cc1Br. The third kappa shape index (κ3) is 4.51. The summed E-state index contributed by atoms with van der Waals surface area (Å²) in [6.07, 6.45) is 8.36. The highest BCUT2D eigenvalue weighted by Crippen LogP contribution is 2.25. The number of hydrogen-bond donors (Lipinski definition) is 0. The summed E-state index contributed by atoms with van der Waals surface area (Å²) in [6, 6.07) is 11.0. The minimum Gasteiger partial charge on any atom is -0.480 e. The molecule has 3 rings (SSSR count). The molecule has 28 heavy (non-hydrogen) atoms. The average Bonchev–Trinajstić information content (AvgIpc) is 2.68. The molecule has 0 aliphatic rings. The highest BCUT2D eigenvalue weighted by molar-refractivity contribution is 9.10. The van der Waals surface area contributed by atoms with E-state index in [-0.39, 0.29) is 12.2 Å². The second-order valence-electron chi connectivity index (χ2n) is 5.98. The molecule has 0 unspecified atom stereocenters. The number of benzene rings is 2. The summed E-state index contributed by atoms with van der Waals surface area (Å²) in [5.74, 6) is 3.71. The summed E-state index contributed by atoms with van der Waals surface area (Å²) in [6.45, 7) is 2.23. The van der Waals surface area contributed by atoms with Crippen LogP contribution in [0.2, 0.25) is 0 Å². The Balaban J connectivity index is 2.02. The summed E-state index contributed by atoms with van der Waals surface area (Å²) >= 11 is 6.86. The normalized spacial score (nSPS) is 11.1. The largest absolute Gasteiger partial charge is 0.480 e. The number of aromatic nitrogens is 2. The van der Waals surface area contributed by atoms with Gasteiger partial charge in [-0.1, -0.05) is 28.8 Å². The molecule has 0 amide bonds. The number of hydrogen-bond acceptors (Lipinski definition) is 4. The number of fused-ring (bicyclic) bond motifs is 1. The van der Waals surface area contributed by atoms with Gasteiger partial charge < -0.3 is 4.74 Å². The fraction of sp³-hybridized carbons (Fsp3) is 0.190. The molecular weight excluding hydrogens is 486 g/mol. The Labute approximate surface area is 179 Å². The van der Waals surface area contributed by atoms with E-state index in [9.17, 15) is 4.79 Å². The number of nitrogens with zero attached hydrogens (tertiary/aromatic N) is 3. The molecule has 7 heteroatoms. The Morgan fingerprint density at radius 3 is 2.82 bits per heavy atom. The average molecular weight is 503 g/mol. The lowest BCUT2D eigenvalue weighted by Gasteiger charge is -2.09. The van der Waals surface area contributed by atoms with Crippen molar-refractivity contribution in [2.75, 3.05) is 6.61 Å². The predicted octanol–water partition coefficient (Wildman–Crippen LogP) is 4.77. The van der Waals surface area contributed by atoms with E-state index in [2.05, 4.69) is 47.9 Å². The van der Waals surface area contributed by atoms with E-state index in [1.165, 1.54) is 4.68 Å². The molecule has 0 fully saturated rings. The van der Waals surface area contributed by atoms with Gasteiger partial charge in [0.25, 0.3) is 5.56 Å². The first-order chi connectivity index (χ1) is 13.5. The molecule has 0 saturated heterocycles. The van der Waals surface area contributed by atoms with Gasteiger partial charge in [0, 0.05) is 10.9 Å². The lowest BCUT2D eigenvalue weighted by molar-refractivity contribution is 0.368. The van der Waals surface area contributed by atoms with Gasteiger partial charge in [0.15, 0.2) is 0 Å². The fourth-order valence-corrected chi connectivity index (χ4v) is 3.53. The van der Waals surface area contributed by atoms with Crippen LogP contribution in [-0.4, -0.2) is 22.5 Å². The molecular formula is C21H17Br2N3O2. The molecule has 2 aromatic carbocycles. The molecule has 5 nitrogen and oxygen atoms in total. The number of terminal acetylenes is 1. The van der Waals surface area contributed by atoms with Gasteiger partial charge in [0.2, 0.25) is 0 Å². The van der Waals surface area contributed by atoms with Crippen LogP contribution >= 0.6 is 31.9 Å². The first kappa shape index (κ1) is 20.3. The van der Waals surface area contributed by atoms with Crippen LogP contribution in [0.25, 0.3) is 10.9 Å². The van der Waals surface area contributed by atoms with Crippen molar-refractivity contribution in [2.24, 2.45) is 5.10 Å². The van der Waals surface area contributed by atoms with Crippen LogP contribution in [0.1, 0.15) is 24.7 Å². The Hall–Kier alpha value is -2.43. The van der Waals surface area contributed by atoms with Crippen molar-refractivity contribution >= 4 is 49.0 Å². The molecule has 0 bridgehead atoms. The van der Waals surface area contributed by atoms with Gasteiger partial charge in [-0.3, -0.25) is 4.79 Å². The molecule has 0 atom stereocenters. The number of rotatable bonds is 6. The zero-order chi connectivity index (χ0) is 20.1. The van der Waals surface area contributed by atoms with Crippen molar-refractivity contribution in [3.63, 3.8) is 0 Å². The van der Waals surface area contributed by atoms with Crippen molar-refractivity contribution < 1.29 is 4.74 Å². The van der Waals surface area contributed by atoms with Gasteiger partial charge in [-0.15, -0.1) is 6.42 Å². The van der Waals surface area contributed by atoms with E-state index in [4.69, 9.17) is 11.2 Å². The van der Waals surface area contributed by atoms with Crippen LogP contribution in [0.3, 0.4) is 0 Å². The van der Waals surface area contributed by atoms with E-state index in [0.29, 0.717) is 28.9 Å². The standard InChI is InChI=1S/C21H17Br2N3O2/c1-3-5-20-25-18-8-7-15(22)12-16(18)21(27)26(20)24-13-14-6-9-19(17(23)11-14)28-10-4-2/h2,6-9,11-13H,3,5,10H2,1H3. The molecule has 0 spiro atoms. The molecule has 0 saturated carbocycles. The third-order valence-corrected chi connectivity index (χ3v) is 5.05. The van der Waals surface area contributed by atoms with Gasteiger partial charge in [0.1, 0.15) is 18.2 Å². The zero-order valence-corrected chi connectivity index (χ0v) is 18.3. The van der Waals surface area contributed by atoms with E-state index < -0.39 is 0 Å².